The zero-order chi connectivity index (χ0) is 36.9. The van der Waals surface area contributed by atoms with Gasteiger partial charge in [-0.2, -0.15) is 0 Å². The van der Waals surface area contributed by atoms with E-state index in [0.717, 1.165) is 55.6 Å². The number of phenolic OH excluding ortho intramolecular Hbond substituents is 4. The van der Waals surface area contributed by atoms with Crippen molar-refractivity contribution in [3.63, 3.8) is 0 Å². The Morgan fingerprint density at radius 2 is 0.458 bits per heavy atom. The van der Waals surface area contributed by atoms with E-state index in [2.05, 4.69) is 83.1 Å². The van der Waals surface area contributed by atoms with Crippen molar-refractivity contribution in [2.75, 3.05) is 0 Å². The Balaban J connectivity index is 0.000000294. The van der Waals surface area contributed by atoms with Crippen LogP contribution in [0, 0.1) is 27.7 Å². The summed E-state index contributed by atoms with van der Waals surface area (Å²) in [6.45, 7) is 34.4. The van der Waals surface area contributed by atoms with E-state index in [-0.39, 0.29) is 21.7 Å². The van der Waals surface area contributed by atoms with E-state index in [1.54, 1.807) is 24.3 Å². The minimum absolute atomic E-state index is 0.156. The van der Waals surface area contributed by atoms with Gasteiger partial charge < -0.3 is 20.4 Å². The molecule has 0 radical (unpaired) electrons. The number of hydrogen-bond acceptors (Lipinski definition) is 4. The van der Waals surface area contributed by atoms with Gasteiger partial charge in [0.05, 0.1) is 0 Å². The molecule has 0 aromatic heterocycles. The molecule has 48 heavy (non-hydrogen) atoms. The molecule has 0 heterocycles. The van der Waals surface area contributed by atoms with Gasteiger partial charge in [-0.05, 0) is 165 Å². The normalized spacial score (nSPS) is 12.5. The largest absolute Gasteiger partial charge is 0.508 e. The highest BCUT2D eigenvalue weighted by atomic mass is 16.3. The fourth-order valence-electron chi connectivity index (χ4n) is 6.83. The predicted octanol–water partition coefficient (Wildman–Crippen LogP) is 12.0. The third-order valence-corrected chi connectivity index (χ3v) is 9.01. The summed E-state index contributed by atoms with van der Waals surface area (Å²) in [6.07, 6.45) is 0. The molecule has 4 heteroatoms. The molecular weight excluding hydrogens is 592 g/mol. The summed E-state index contributed by atoms with van der Waals surface area (Å²) in [7, 11) is 0. The van der Waals surface area contributed by atoms with Crippen LogP contribution < -0.4 is 0 Å². The van der Waals surface area contributed by atoms with Gasteiger partial charge in [0.1, 0.15) is 23.0 Å². The summed E-state index contributed by atoms with van der Waals surface area (Å²) < 4.78 is 0. The quantitative estimate of drug-likeness (QED) is 0.174. The van der Waals surface area contributed by atoms with Crippen molar-refractivity contribution in [2.45, 2.75) is 132 Å². The Kier molecular flexibility index (Phi) is 10.6. The van der Waals surface area contributed by atoms with Crippen LogP contribution in [-0.4, -0.2) is 20.4 Å². The molecule has 0 fully saturated rings. The number of phenols is 4. The molecule has 4 aromatic rings. The van der Waals surface area contributed by atoms with E-state index in [0.29, 0.717) is 23.0 Å². The molecule has 0 saturated carbocycles. The molecule has 0 amide bonds. The first-order valence-electron chi connectivity index (χ1n) is 17.0. The molecule has 4 nitrogen and oxygen atoms in total. The molecule has 0 unspecified atom stereocenters. The third kappa shape index (κ3) is 8.38. The highest BCUT2D eigenvalue weighted by Gasteiger charge is 2.34. The van der Waals surface area contributed by atoms with Gasteiger partial charge in [-0.15, -0.1) is 0 Å². The first-order valence-corrected chi connectivity index (χ1v) is 17.0. The number of aromatic hydroxyl groups is 4. The maximum Gasteiger partial charge on any atom is 0.116 e. The van der Waals surface area contributed by atoms with Crippen LogP contribution in [0.4, 0.5) is 0 Å². The maximum atomic E-state index is 10.7. The monoisotopic (exact) mass is 652 g/mol. The van der Waals surface area contributed by atoms with Crippen molar-refractivity contribution < 1.29 is 20.4 Å². The number of aryl methyl sites for hydroxylation is 4. The van der Waals surface area contributed by atoms with Gasteiger partial charge in [0.15, 0.2) is 0 Å². The number of benzene rings is 4. The Labute approximate surface area is 290 Å². The fraction of sp³-hybridized carbons (Fsp3) is 0.455. The third-order valence-electron chi connectivity index (χ3n) is 9.01. The molecule has 260 valence electrons. The molecule has 0 aliphatic rings. The van der Waals surface area contributed by atoms with E-state index in [9.17, 15) is 20.4 Å². The Bertz CT molecular complexity index is 1560. The van der Waals surface area contributed by atoms with Crippen molar-refractivity contribution in [2.24, 2.45) is 0 Å². The summed E-state index contributed by atoms with van der Waals surface area (Å²) in [6, 6.07) is 14.8. The van der Waals surface area contributed by atoms with Crippen molar-refractivity contribution in [3.05, 3.63) is 93.0 Å². The van der Waals surface area contributed by atoms with Gasteiger partial charge in [-0.3, -0.25) is 0 Å². The van der Waals surface area contributed by atoms with E-state index in [4.69, 9.17) is 0 Å². The average molecular weight is 653 g/mol. The summed E-state index contributed by atoms with van der Waals surface area (Å²) in [5.41, 5.74) is 12.8. The Hall–Kier alpha value is -3.92. The summed E-state index contributed by atoms with van der Waals surface area (Å²) in [5, 5.41) is 40.5. The second kappa shape index (κ2) is 13.2. The standard InChI is InChI=1S/C28H42O2.C16H18O2/c1-25(2,3)19-13-17(29)14-20(26(4,5)6)23(19)24-21(27(7,8)9)15-18(30)16-22(24)28(10,11)12;1-9-5-13(17)6-10(2)15(9)16-11(3)7-14(18)8-12(16)4/h13-16,29-30H,1-12H3;5-8,17-18H,1-4H3. The van der Waals surface area contributed by atoms with Crippen LogP contribution >= 0.6 is 0 Å². The van der Waals surface area contributed by atoms with E-state index < -0.39 is 0 Å². The van der Waals surface area contributed by atoms with Gasteiger partial charge >= 0.3 is 0 Å². The molecule has 0 aliphatic heterocycles. The minimum atomic E-state index is -0.156. The zero-order valence-electron chi connectivity index (χ0n) is 32.4. The topological polar surface area (TPSA) is 80.9 Å². The van der Waals surface area contributed by atoms with Crippen LogP contribution in [0.2, 0.25) is 0 Å². The van der Waals surface area contributed by atoms with E-state index in [1.807, 2.05) is 52.0 Å². The first kappa shape index (κ1) is 38.5. The van der Waals surface area contributed by atoms with Gasteiger partial charge in [0.25, 0.3) is 0 Å². The van der Waals surface area contributed by atoms with Gasteiger partial charge in [0, 0.05) is 0 Å². The van der Waals surface area contributed by atoms with Crippen molar-refractivity contribution >= 4 is 0 Å². The summed E-state index contributed by atoms with van der Waals surface area (Å²) in [4.78, 5) is 0. The Morgan fingerprint density at radius 3 is 0.625 bits per heavy atom. The molecule has 4 rings (SSSR count). The minimum Gasteiger partial charge on any atom is -0.508 e. The molecule has 0 aliphatic carbocycles. The lowest BCUT2D eigenvalue weighted by Gasteiger charge is -2.36. The van der Waals surface area contributed by atoms with E-state index >= 15 is 0 Å². The van der Waals surface area contributed by atoms with E-state index in [1.165, 1.54) is 11.1 Å². The number of hydrogen-bond donors (Lipinski definition) is 4. The molecule has 0 bridgehead atoms. The SMILES string of the molecule is CC(C)(C)c1cc(O)cc(C(C)(C)C)c1-c1c(C(C)(C)C)cc(O)cc1C(C)(C)C.Cc1cc(O)cc(C)c1-c1c(C)cc(O)cc1C. The van der Waals surface area contributed by atoms with Crippen LogP contribution in [0.3, 0.4) is 0 Å². The predicted molar refractivity (Wildman–Crippen MR) is 204 cm³/mol. The smallest absolute Gasteiger partial charge is 0.116 e. The van der Waals surface area contributed by atoms with Crippen LogP contribution in [0.1, 0.15) is 128 Å². The van der Waals surface area contributed by atoms with Gasteiger partial charge in [0.2, 0.25) is 0 Å². The van der Waals surface area contributed by atoms with Gasteiger partial charge in [-0.25, -0.2) is 0 Å². The van der Waals surface area contributed by atoms with Crippen LogP contribution in [0.25, 0.3) is 22.3 Å². The molecule has 0 spiro atoms. The molecule has 4 N–H and O–H groups in total. The lowest BCUT2D eigenvalue weighted by Crippen LogP contribution is -2.24. The highest BCUT2D eigenvalue weighted by molar-refractivity contribution is 5.82. The van der Waals surface area contributed by atoms with Crippen molar-refractivity contribution in [3.8, 4) is 45.3 Å². The van der Waals surface area contributed by atoms with Crippen LogP contribution in [0.5, 0.6) is 23.0 Å². The van der Waals surface area contributed by atoms with Crippen molar-refractivity contribution in [1.29, 1.82) is 0 Å². The molecule has 0 saturated heterocycles. The molecule has 4 aromatic carbocycles. The maximum absolute atomic E-state index is 10.7. The van der Waals surface area contributed by atoms with Gasteiger partial charge in [-0.1, -0.05) is 83.1 Å². The Morgan fingerprint density at radius 1 is 0.292 bits per heavy atom. The second-order valence-corrected chi connectivity index (χ2v) is 17.7. The summed E-state index contributed by atoms with van der Waals surface area (Å²) in [5.74, 6) is 1.20. The van der Waals surface area contributed by atoms with Crippen molar-refractivity contribution in [1.82, 2.24) is 0 Å². The lowest BCUT2D eigenvalue weighted by atomic mass is 9.68. The zero-order valence-corrected chi connectivity index (χ0v) is 32.4. The molecular formula is C44H60O4. The second-order valence-electron chi connectivity index (χ2n) is 17.7. The van der Waals surface area contributed by atoms with Crippen LogP contribution in [-0.2, 0) is 21.7 Å². The number of rotatable bonds is 2. The van der Waals surface area contributed by atoms with Crippen LogP contribution in [0.15, 0.2) is 48.5 Å². The lowest BCUT2D eigenvalue weighted by molar-refractivity contribution is 0.464. The summed E-state index contributed by atoms with van der Waals surface area (Å²) >= 11 is 0. The molecule has 0 atom stereocenters. The highest BCUT2D eigenvalue weighted by Crippen LogP contribution is 2.50. The first-order chi connectivity index (χ1) is 21.6. The fourth-order valence-corrected chi connectivity index (χ4v) is 6.83. The average Bonchev–Trinajstić information content (AvgIpc) is 2.87.